The lowest BCUT2D eigenvalue weighted by atomic mass is 9.33. The van der Waals surface area contributed by atoms with Crippen molar-refractivity contribution in [2.75, 3.05) is 26.2 Å². The number of nitrogens with one attached hydrogen (secondary N) is 1. The molecule has 44 heavy (non-hydrogen) atoms. The normalized spacial score (nSPS) is 44.4. The van der Waals surface area contributed by atoms with Crippen LogP contribution in [0.1, 0.15) is 126 Å². The quantitative estimate of drug-likeness (QED) is 0.188. The lowest BCUT2D eigenvalue weighted by Crippen LogP contribution is -2.66. The first kappa shape index (κ1) is 32.3. The van der Waals surface area contributed by atoms with Gasteiger partial charge in [-0.1, -0.05) is 60.1 Å². The van der Waals surface area contributed by atoms with Gasteiger partial charge >= 0.3 is 5.97 Å². The van der Waals surface area contributed by atoms with E-state index in [0.717, 1.165) is 77.4 Å². The van der Waals surface area contributed by atoms with Gasteiger partial charge in [-0.25, -0.2) is 0 Å². The van der Waals surface area contributed by atoms with Gasteiger partial charge in [-0.15, -0.1) is 0 Å². The minimum atomic E-state index is -0.637. The van der Waals surface area contributed by atoms with Crippen LogP contribution >= 0.6 is 0 Å². The molecular formula is C38H60N2O4. The summed E-state index contributed by atoms with van der Waals surface area (Å²) < 4.78 is 0. The van der Waals surface area contributed by atoms with Crippen LogP contribution in [0, 0.1) is 56.2 Å². The summed E-state index contributed by atoms with van der Waals surface area (Å²) in [7, 11) is 0. The van der Waals surface area contributed by atoms with Crippen LogP contribution in [0.25, 0.3) is 0 Å². The maximum Gasteiger partial charge on any atom is 0.310 e. The topological polar surface area (TPSA) is 86.7 Å². The van der Waals surface area contributed by atoms with Crippen molar-refractivity contribution in [1.29, 1.82) is 0 Å². The number of carbonyl (C=O) groups is 3. The fraction of sp³-hybridized carbons (Fsp3) is 0.868. The molecule has 5 fully saturated rings. The summed E-state index contributed by atoms with van der Waals surface area (Å²) in [6.07, 6.45) is 13.9. The van der Waals surface area contributed by atoms with E-state index in [2.05, 4.69) is 64.8 Å². The zero-order valence-corrected chi connectivity index (χ0v) is 28.8. The lowest BCUT2D eigenvalue weighted by molar-refractivity contribution is -0.195. The largest absolute Gasteiger partial charge is 0.481 e. The molecule has 8 unspecified atom stereocenters. The second-order valence-corrected chi connectivity index (χ2v) is 18.2. The molecule has 6 rings (SSSR count). The molecule has 4 saturated carbocycles. The molecule has 1 heterocycles. The van der Waals surface area contributed by atoms with Gasteiger partial charge in [0.25, 0.3) is 0 Å². The average Bonchev–Trinajstić information content (AvgIpc) is 3.46. The zero-order chi connectivity index (χ0) is 31.9. The van der Waals surface area contributed by atoms with E-state index in [1.807, 2.05) is 0 Å². The molecule has 5 aliphatic carbocycles. The van der Waals surface area contributed by atoms with Gasteiger partial charge in [-0.3, -0.25) is 14.4 Å². The van der Waals surface area contributed by atoms with Crippen molar-refractivity contribution in [3.8, 4) is 0 Å². The Bertz CT molecular complexity index is 1230. The summed E-state index contributed by atoms with van der Waals surface area (Å²) in [5, 5.41) is 13.8. The maximum atomic E-state index is 14.0. The number of likely N-dealkylation sites (tertiary alicyclic amines) is 1. The minimum absolute atomic E-state index is 0.00179. The van der Waals surface area contributed by atoms with Crippen LogP contribution in [0.2, 0.25) is 0 Å². The molecule has 6 heteroatoms. The molecule has 0 spiro atoms. The summed E-state index contributed by atoms with van der Waals surface area (Å²) in [6.45, 7) is 20.2. The zero-order valence-electron chi connectivity index (χ0n) is 28.8. The van der Waals surface area contributed by atoms with Gasteiger partial charge in [0.1, 0.15) is 0 Å². The lowest BCUT2D eigenvalue weighted by Gasteiger charge is -2.70. The number of rotatable bonds is 6. The second kappa shape index (κ2) is 10.7. The number of amides is 1. The maximum absolute atomic E-state index is 14.0. The molecule has 0 aromatic heterocycles. The Morgan fingerprint density at radius 1 is 0.932 bits per heavy atom. The number of carbonyl (C=O) groups excluding carboxylic acids is 2. The Labute approximate surface area is 266 Å². The molecule has 1 saturated heterocycles. The minimum Gasteiger partial charge on any atom is -0.481 e. The van der Waals surface area contributed by atoms with Gasteiger partial charge in [-0.2, -0.15) is 0 Å². The first-order chi connectivity index (χ1) is 20.5. The van der Waals surface area contributed by atoms with E-state index >= 15 is 0 Å². The standard InChI is InChI=1S/C38H60N2O4/c1-33(2)15-17-38(32(43)44)18-16-36(6)26(27(38)24-33)11-12-29-35(5)23-25(31(42)39-19-10-22-40-20-8-9-21-40)30(41)34(3,4)28(35)13-14-37(29,36)7/h11,25,27-29H,8-10,12-24H2,1-7H3,(H,39,42)(H,43,44). The van der Waals surface area contributed by atoms with Crippen LogP contribution in [0.3, 0.4) is 0 Å². The molecule has 0 aromatic rings. The fourth-order valence-corrected chi connectivity index (χ4v) is 12.5. The van der Waals surface area contributed by atoms with E-state index in [9.17, 15) is 19.5 Å². The number of carboxylic acids is 1. The number of aliphatic carboxylic acids is 1. The van der Waals surface area contributed by atoms with Crippen molar-refractivity contribution < 1.29 is 19.5 Å². The Kier molecular flexibility index (Phi) is 7.82. The third-order valence-corrected chi connectivity index (χ3v) is 15.3. The molecular weight excluding hydrogens is 548 g/mol. The third kappa shape index (κ3) is 4.60. The highest BCUT2D eigenvalue weighted by molar-refractivity contribution is 6.04. The summed E-state index contributed by atoms with van der Waals surface area (Å²) >= 11 is 0. The number of hydrogen-bond donors (Lipinski definition) is 2. The number of allylic oxidation sites excluding steroid dienone is 2. The van der Waals surface area contributed by atoms with Crippen LogP contribution < -0.4 is 5.32 Å². The molecule has 0 radical (unpaired) electrons. The number of carboxylic acid groups (broad SMARTS) is 1. The van der Waals surface area contributed by atoms with E-state index in [0.29, 0.717) is 18.9 Å². The van der Waals surface area contributed by atoms with Crippen LogP contribution in [-0.2, 0) is 14.4 Å². The van der Waals surface area contributed by atoms with Gasteiger partial charge in [0.2, 0.25) is 5.91 Å². The van der Waals surface area contributed by atoms with Crippen molar-refractivity contribution in [1.82, 2.24) is 10.2 Å². The van der Waals surface area contributed by atoms with Crippen LogP contribution in [0.5, 0.6) is 0 Å². The summed E-state index contributed by atoms with van der Waals surface area (Å²) in [4.78, 5) is 43.2. The first-order valence-electron chi connectivity index (χ1n) is 18.0. The molecule has 0 aromatic carbocycles. The number of nitrogens with zero attached hydrogens (tertiary/aromatic N) is 1. The predicted molar refractivity (Wildman–Crippen MR) is 174 cm³/mol. The Morgan fingerprint density at radius 2 is 1.61 bits per heavy atom. The van der Waals surface area contributed by atoms with Gasteiger partial charge < -0.3 is 15.3 Å². The summed E-state index contributed by atoms with van der Waals surface area (Å²) in [5.41, 5.74) is 0.185. The average molecular weight is 609 g/mol. The van der Waals surface area contributed by atoms with Crippen LogP contribution in [-0.4, -0.2) is 53.8 Å². The van der Waals surface area contributed by atoms with E-state index in [4.69, 9.17) is 0 Å². The van der Waals surface area contributed by atoms with Crippen molar-refractivity contribution in [2.24, 2.45) is 56.2 Å². The van der Waals surface area contributed by atoms with E-state index in [1.54, 1.807) is 0 Å². The highest BCUT2D eigenvalue weighted by Gasteiger charge is 2.70. The Hall–Kier alpha value is -1.69. The van der Waals surface area contributed by atoms with Crippen molar-refractivity contribution in [3.05, 3.63) is 11.6 Å². The van der Waals surface area contributed by atoms with Gasteiger partial charge in [0.05, 0.1) is 11.3 Å². The number of Topliss-reactive ketones (excluding diaryl/α,β-unsaturated/α-hetero) is 1. The van der Waals surface area contributed by atoms with Crippen LogP contribution in [0.4, 0.5) is 0 Å². The summed E-state index contributed by atoms with van der Waals surface area (Å²) in [5.74, 6) is -0.429. The fourth-order valence-electron chi connectivity index (χ4n) is 12.5. The highest BCUT2D eigenvalue weighted by atomic mass is 16.4. The third-order valence-electron chi connectivity index (χ3n) is 15.3. The number of ketones is 1. The summed E-state index contributed by atoms with van der Waals surface area (Å²) in [6, 6.07) is 0. The van der Waals surface area contributed by atoms with Gasteiger partial charge in [-0.05, 0) is 136 Å². The Morgan fingerprint density at radius 3 is 2.30 bits per heavy atom. The molecule has 8 atom stereocenters. The van der Waals surface area contributed by atoms with Crippen molar-refractivity contribution in [2.45, 2.75) is 126 Å². The number of fused-ring (bicyclic) bond motifs is 7. The number of hydrogen-bond acceptors (Lipinski definition) is 4. The van der Waals surface area contributed by atoms with Crippen molar-refractivity contribution in [3.63, 3.8) is 0 Å². The van der Waals surface area contributed by atoms with Crippen molar-refractivity contribution >= 4 is 17.7 Å². The molecule has 246 valence electrons. The molecule has 2 N–H and O–H groups in total. The van der Waals surface area contributed by atoms with E-state index in [1.165, 1.54) is 18.4 Å². The molecule has 6 aliphatic rings. The smallest absolute Gasteiger partial charge is 0.310 e. The Balaban J connectivity index is 1.29. The molecule has 1 aliphatic heterocycles. The monoisotopic (exact) mass is 608 g/mol. The van der Waals surface area contributed by atoms with E-state index < -0.39 is 22.7 Å². The molecule has 1 amide bonds. The molecule has 6 nitrogen and oxygen atoms in total. The van der Waals surface area contributed by atoms with Gasteiger partial charge in [0.15, 0.2) is 5.78 Å². The van der Waals surface area contributed by atoms with Gasteiger partial charge in [0, 0.05) is 12.0 Å². The highest BCUT2D eigenvalue weighted by Crippen LogP contribution is 2.75. The molecule has 0 bridgehead atoms. The SMILES string of the molecule is CC1(C)CCC2(C(=O)O)CCC3(C)C(=CCC4C5(C)CC(C(=O)NCCCN6CCCC6)C(=O)C(C)(C)C5CCC43C)C2C1. The van der Waals surface area contributed by atoms with E-state index in [-0.39, 0.29) is 45.2 Å². The van der Waals surface area contributed by atoms with Crippen LogP contribution in [0.15, 0.2) is 11.6 Å². The predicted octanol–water partition coefficient (Wildman–Crippen LogP) is 7.27. The second-order valence-electron chi connectivity index (χ2n) is 18.2. The first-order valence-corrected chi connectivity index (χ1v) is 18.0.